The Morgan fingerprint density at radius 1 is 0.929 bits per heavy atom. The molecule has 42 heavy (non-hydrogen) atoms. The highest BCUT2D eigenvalue weighted by Gasteiger charge is 2.25. The predicted molar refractivity (Wildman–Crippen MR) is 169 cm³/mol. The molecule has 0 spiro atoms. The minimum absolute atomic E-state index is 0.0251. The van der Waals surface area contributed by atoms with E-state index in [1.165, 1.54) is 11.1 Å². The number of ether oxygens (including phenoxy) is 2. The fourth-order valence-corrected chi connectivity index (χ4v) is 6.51. The van der Waals surface area contributed by atoms with Crippen LogP contribution in [0, 0.1) is 6.92 Å². The third kappa shape index (κ3) is 8.23. The summed E-state index contributed by atoms with van der Waals surface area (Å²) in [6, 6.07) is 19.4. The van der Waals surface area contributed by atoms with Crippen LogP contribution in [-0.4, -0.2) is 32.5 Å². The van der Waals surface area contributed by atoms with Crippen molar-refractivity contribution in [1.82, 2.24) is 5.32 Å². The van der Waals surface area contributed by atoms with Gasteiger partial charge in [-0.15, -0.1) is 0 Å². The zero-order chi connectivity index (χ0) is 30.7. The summed E-state index contributed by atoms with van der Waals surface area (Å²) in [5.41, 5.74) is 6.00. The van der Waals surface area contributed by atoms with Crippen molar-refractivity contribution < 1.29 is 22.7 Å². The average Bonchev–Trinajstić information content (AvgIpc) is 3.11. The van der Waals surface area contributed by atoms with Crippen molar-refractivity contribution in [2.75, 3.05) is 12.5 Å². The number of rotatable bonds is 8. The molecule has 1 aliphatic carbocycles. The molecular formula is C35H45NO5S. The van der Waals surface area contributed by atoms with Gasteiger partial charge in [0.25, 0.3) is 0 Å². The summed E-state index contributed by atoms with van der Waals surface area (Å²) in [5, 5.41) is 3.32. The first-order valence-electron chi connectivity index (χ1n) is 14.8. The number of hydrogen-bond donors (Lipinski definition) is 1. The first-order chi connectivity index (χ1) is 19.6. The summed E-state index contributed by atoms with van der Waals surface area (Å²) >= 11 is 0. The molecule has 0 aromatic heterocycles. The predicted octanol–water partition coefficient (Wildman–Crippen LogP) is 7.47. The molecule has 0 fully saturated rings. The van der Waals surface area contributed by atoms with E-state index in [-0.39, 0.29) is 23.9 Å². The van der Waals surface area contributed by atoms with Crippen LogP contribution in [0.5, 0.6) is 5.75 Å². The minimum atomic E-state index is -3.57. The molecule has 0 saturated carbocycles. The maximum Gasteiger partial charge on any atom is 0.344 e. The topological polar surface area (TPSA) is 81.7 Å². The third-order valence-electron chi connectivity index (χ3n) is 7.49. The Hall–Kier alpha value is -3.16. The first kappa shape index (κ1) is 31.8. The van der Waals surface area contributed by atoms with E-state index in [2.05, 4.69) is 51.2 Å². The van der Waals surface area contributed by atoms with Crippen molar-refractivity contribution in [2.24, 2.45) is 0 Å². The van der Waals surface area contributed by atoms with Crippen LogP contribution < -0.4 is 10.1 Å². The number of carbonyl (C=O) groups is 1. The molecule has 4 rings (SSSR count). The highest BCUT2D eigenvalue weighted by molar-refractivity contribution is 7.91. The summed E-state index contributed by atoms with van der Waals surface area (Å²) in [5.74, 6) is 0.0618. The van der Waals surface area contributed by atoms with Crippen molar-refractivity contribution in [2.45, 2.75) is 96.1 Å². The van der Waals surface area contributed by atoms with Gasteiger partial charge in [0, 0.05) is 6.04 Å². The molecule has 0 aliphatic heterocycles. The van der Waals surface area contributed by atoms with Crippen molar-refractivity contribution in [3.63, 3.8) is 0 Å². The number of hydrogen-bond acceptors (Lipinski definition) is 6. The highest BCUT2D eigenvalue weighted by atomic mass is 32.2. The largest absolute Gasteiger partial charge is 0.482 e. The zero-order valence-electron chi connectivity index (χ0n) is 26.0. The molecular weight excluding hydrogens is 546 g/mol. The van der Waals surface area contributed by atoms with Crippen LogP contribution in [0.4, 0.5) is 0 Å². The Bertz CT molecular complexity index is 1510. The van der Waals surface area contributed by atoms with E-state index in [4.69, 9.17) is 9.47 Å². The minimum Gasteiger partial charge on any atom is -0.482 e. The van der Waals surface area contributed by atoms with Gasteiger partial charge in [0.2, 0.25) is 0 Å². The van der Waals surface area contributed by atoms with E-state index in [0.29, 0.717) is 10.6 Å². The van der Waals surface area contributed by atoms with Crippen LogP contribution in [-0.2, 0) is 31.2 Å². The monoisotopic (exact) mass is 591 g/mol. The summed E-state index contributed by atoms with van der Waals surface area (Å²) in [4.78, 5) is 12.5. The summed E-state index contributed by atoms with van der Waals surface area (Å²) in [7, 11) is -3.57. The number of nitrogens with one attached hydrogen (secondary N) is 1. The second kappa shape index (κ2) is 12.6. The lowest BCUT2D eigenvalue weighted by atomic mass is 9.84. The van der Waals surface area contributed by atoms with Gasteiger partial charge in [-0.05, 0) is 98.4 Å². The lowest BCUT2D eigenvalue weighted by Gasteiger charge is -2.22. The molecule has 1 N–H and O–H groups in total. The molecule has 3 aromatic carbocycles. The number of aryl methyl sites for hydroxylation is 1. The van der Waals surface area contributed by atoms with Crippen molar-refractivity contribution in [3.05, 3.63) is 82.9 Å². The number of sulfone groups is 1. The fourth-order valence-electron chi connectivity index (χ4n) is 5.37. The van der Waals surface area contributed by atoms with Gasteiger partial charge in [-0.1, -0.05) is 75.2 Å². The van der Waals surface area contributed by atoms with Gasteiger partial charge in [-0.25, -0.2) is 13.2 Å². The fraction of sp³-hybridized carbons (Fsp3) is 0.457. The lowest BCUT2D eigenvalue weighted by Crippen LogP contribution is -2.28. The molecule has 0 bridgehead atoms. The number of fused-ring (bicyclic) bond motifs is 1. The standard InChI is InChI=1S/C35H45NO5S/c1-24-19-26(21-27(20-24)34(2,3)4)25-15-17-28(18-16-25)42(38,39)23-36-31-13-9-8-11-30-29(31)12-10-14-32(30)40-22-33(37)41-35(5,6)7/h10,12,14-21,31,36H,8-9,11,13,22-23H2,1-7H3. The first-order valence-corrected chi connectivity index (χ1v) is 16.4. The van der Waals surface area contributed by atoms with E-state index < -0.39 is 21.4 Å². The molecule has 6 nitrogen and oxygen atoms in total. The van der Waals surface area contributed by atoms with Gasteiger partial charge in [0.05, 0.1) is 4.90 Å². The molecule has 0 heterocycles. The quantitative estimate of drug-likeness (QED) is 0.216. The van der Waals surface area contributed by atoms with Crippen LogP contribution in [0.15, 0.2) is 65.6 Å². The average molecular weight is 592 g/mol. The SMILES string of the molecule is Cc1cc(-c2ccc(S(=O)(=O)CNC3CCCCc4c(OCC(=O)OC(C)(C)C)cccc43)cc2)cc(C(C)(C)C)c1. The second-order valence-corrected chi connectivity index (χ2v) is 15.3. The third-order valence-corrected chi connectivity index (χ3v) is 9.03. The Morgan fingerprint density at radius 3 is 2.31 bits per heavy atom. The van der Waals surface area contributed by atoms with Crippen LogP contribution in [0.25, 0.3) is 11.1 Å². The van der Waals surface area contributed by atoms with E-state index in [1.54, 1.807) is 12.1 Å². The van der Waals surface area contributed by atoms with Gasteiger partial charge < -0.3 is 9.47 Å². The maximum absolute atomic E-state index is 13.4. The van der Waals surface area contributed by atoms with Gasteiger partial charge in [0.1, 0.15) is 17.2 Å². The van der Waals surface area contributed by atoms with Gasteiger partial charge in [0.15, 0.2) is 16.4 Å². The van der Waals surface area contributed by atoms with E-state index >= 15 is 0 Å². The molecule has 3 aromatic rings. The van der Waals surface area contributed by atoms with Crippen LogP contribution >= 0.6 is 0 Å². The van der Waals surface area contributed by atoms with Crippen LogP contribution in [0.1, 0.15) is 89.1 Å². The molecule has 0 radical (unpaired) electrons. The molecule has 1 atom stereocenters. The number of esters is 1. The van der Waals surface area contributed by atoms with Gasteiger partial charge >= 0.3 is 5.97 Å². The molecule has 1 unspecified atom stereocenters. The van der Waals surface area contributed by atoms with Crippen LogP contribution in [0.3, 0.4) is 0 Å². The van der Waals surface area contributed by atoms with Crippen molar-refractivity contribution >= 4 is 15.8 Å². The van der Waals surface area contributed by atoms with E-state index in [9.17, 15) is 13.2 Å². The molecule has 0 saturated heterocycles. The molecule has 226 valence electrons. The molecule has 7 heteroatoms. The number of benzene rings is 3. The Balaban J connectivity index is 1.47. The van der Waals surface area contributed by atoms with Crippen molar-refractivity contribution in [1.29, 1.82) is 0 Å². The Kier molecular flexibility index (Phi) is 9.53. The summed E-state index contributed by atoms with van der Waals surface area (Å²) < 4.78 is 38.0. The molecule has 1 aliphatic rings. The number of carbonyl (C=O) groups excluding carboxylic acids is 1. The molecule has 0 amide bonds. The lowest BCUT2D eigenvalue weighted by molar-refractivity contribution is -0.157. The Morgan fingerprint density at radius 2 is 1.64 bits per heavy atom. The van der Waals surface area contributed by atoms with Gasteiger partial charge in [-0.3, -0.25) is 5.32 Å². The van der Waals surface area contributed by atoms with E-state index in [1.807, 2.05) is 51.1 Å². The van der Waals surface area contributed by atoms with Gasteiger partial charge in [-0.2, -0.15) is 0 Å². The van der Waals surface area contributed by atoms with E-state index in [0.717, 1.165) is 47.9 Å². The van der Waals surface area contributed by atoms with Crippen LogP contribution in [0.2, 0.25) is 0 Å². The highest BCUT2D eigenvalue weighted by Crippen LogP contribution is 2.35. The Labute approximate surface area is 251 Å². The maximum atomic E-state index is 13.4. The zero-order valence-corrected chi connectivity index (χ0v) is 26.9. The second-order valence-electron chi connectivity index (χ2n) is 13.3. The normalized spacial score (nSPS) is 15.9. The summed E-state index contributed by atoms with van der Waals surface area (Å²) in [6.45, 7) is 14.0. The summed E-state index contributed by atoms with van der Waals surface area (Å²) in [6.07, 6.45) is 3.55. The van der Waals surface area contributed by atoms with Crippen molar-refractivity contribution in [3.8, 4) is 16.9 Å². The smallest absolute Gasteiger partial charge is 0.344 e.